The first-order valence-electron chi connectivity index (χ1n) is 8.14. The molecule has 152 valence electrons. The summed E-state index contributed by atoms with van der Waals surface area (Å²) in [7, 11) is 0. The van der Waals surface area contributed by atoms with Crippen LogP contribution in [0.1, 0.15) is 0 Å². The highest BCUT2D eigenvalue weighted by molar-refractivity contribution is 5.89. The molecule has 2 heterocycles. The summed E-state index contributed by atoms with van der Waals surface area (Å²) in [4.78, 5) is 27.6. The average Bonchev–Trinajstić information content (AvgIpc) is 3.18. The highest BCUT2D eigenvalue weighted by Crippen LogP contribution is 2.23. The minimum atomic E-state index is -4.79. The molecular formula is C16H14F3N7O3. The van der Waals surface area contributed by atoms with E-state index in [1.54, 1.807) is 0 Å². The summed E-state index contributed by atoms with van der Waals surface area (Å²) in [6.45, 7) is 0.169. The Morgan fingerprint density at radius 1 is 1.14 bits per heavy atom. The van der Waals surface area contributed by atoms with E-state index < -0.39 is 18.1 Å². The number of hydrogen-bond donors (Lipinski definition) is 2. The minimum Gasteiger partial charge on any atom is -0.406 e. The van der Waals surface area contributed by atoms with E-state index in [4.69, 9.17) is 0 Å². The van der Waals surface area contributed by atoms with E-state index in [0.717, 1.165) is 16.8 Å². The van der Waals surface area contributed by atoms with Crippen molar-refractivity contribution in [3.63, 3.8) is 0 Å². The predicted molar refractivity (Wildman–Crippen MR) is 93.6 cm³/mol. The Morgan fingerprint density at radius 3 is 2.55 bits per heavy atom. The maximum Gasteiger partial charge on any atom is 0.573 e. The SMILES string of the molecule is O=C(NCCn1nc(-n2cncn2)ccc1=O)Nc1ccc(OC(F)(F)F)cc1. The summed E-state index contributed by atoms with van der Waals surface area (Å²) >= 11 is 0. The molecule has 2 N–H and O–H groups in total. The quantitative estimate of drug-likeness (QED) is 0.638. The van der Waals surface area contributed by atoms with Crippen molar-refractivity contribution in [3.8, 4) is 11.6 Å². The molecule has 0 spiro atoms. The van der Waals surface area contributed by atoms with Crippen LogP contribution in [0, 0.1) is 0 Å². The summed E-state index contributed by atoms with van der Waals surface area (Å²) in [5.41, 5.74) is -0.100. The molecule has 0 saturated carbocycles. The number of ether oxygens (including phenoxy) is 1. The van der Waals surface area contributed by atoms with E-state index >= 15 is 0 Å². The van der Waals surface area contributed by atoms with Crippen LogP contribution >= 0.6 is 0 Å². The van der Waals surface area contributed by atoms with Gasteiger partial charge in [0, 0.05) is 18.3 Å². The molecule has 0 fully saturated rings. The topological polar surface area (TPSA) is 116 Å². The van der Waals surface area contributed by atoms with Gasteiger partial charge in [0.2, 0.25) is 0 Å². The average molecular weight is 409 g/mol. The molecule has 29 heavy (non-hydrogen) atoms. The van der Waals surface area contributed by atoms with Gasteiger partial charge in [-0.15, -0.1) is 18.3 Å². The standard InChI is InChI=1S/C16H14F3N7O3/c17-16(18,19)29-12-3-1-11(2-4-12)23-15(28)21-7-8-25-14(27)6-5-13(24-25)26-10-20-9-22-26/h1-6,9-10H,7-8H2,(H2,21,23,28). The van der Waals surface area contributed by atoms with Gasteiger partial charge < -0.3 is 15.4 Å². The molecule has 0 aliphatic heterocycles. The second-order valence-electron chi connectivity index (χ2n) is 5.55. The lowest BCUT2D eigenvalue weighted by atomic mass is 10.3. The van der Waals surface area contributed by atoms with Crippen molar-refractivity contribution in [2.75, 3.05) is 11.9 Å². The summed E-state index contributed by atoms with van der Waals surface area (Å²) in [6.07, 6.45) is -2.04. The minimum absolute atomic E-state index is 0.0782. The third kappa shape index (κ3) is 5.79. The Balaban J connectivity index is 1.51. The highest BCUT2D eigenvalue weighted by atomic mass is 19.4. The van der Waals surface area contributed by atoms with Gasteiger partial charge in [0.25, 0.3) is 5.56 Å². The molecule has 0 aliphatic carbocycles. The number of benzene rings is 1. The zero-order valence-corrected chi connectivity index (χ0v) is 14.6. The third-order valence-corrected chi connectivity index (χ3v) is 3.46. The second-order valence-corrected chi connectivity index (χ2v) is 5.55. The van der Waals surface area contributed by atoms with Gasteiger partial charge in [-0.1, -0.05) is 0 Å². The number of carbonyl (C=O) groups excluding carboxylic acids is 1. The molecular weight excluding hydrogens is 395 g/mol. The van der Waals surface area contributed by atoms with Gasteiger partial charge >= 0.3 is 12.4 Å². The number of nitrogens with one attached hydrogen (secondary N) is 2. The first-order valence-corrected chi connectivity index (χ1v) is 8.14. The van der Waals surface area contributed by atoms with E-state index in [1.165, 1.54) is 41.6 Å². The Bertz CT molecular complexity index is 1020. The van der Waals surface area contributed by atoms with Gasteiger partial charge in [-0.3, -0.25) is 4.79 Å². The molecule has 0 radical (unpaired) electrons. The van der Waals surface area contributed by atoms with Crippen LogP contribution in [-0.4, -0.2) is 43.5 Å². The van der Waals surface area contributed by atoms with Crippen molar-refractivity contribution in [1.82, 2.24) is 29.9 Å². The number of urea groups is 1. The largest absolute Gasteiger partial charge is 0.573 e. The van der Waals surface area contributed by atoms with Gasteiger partial charge in [-0.25, -0.2) is 19.1 Å². The van der Waals surface area contributed by atoms with Crippen molar-refractivity contribution in [1.29, 1.82) is 0 Å². The van der Waals surface area contributed by atoms with Crippen LogP contribution in [0.15, 0.2) is 53.8 Å². The number of amides is 2. The first-order chi connectivity index (χ1) is 13.8. The second kappa shape index (κ2) is 8.41. The molecule has 2 aromatic heterocycles. The molecule has 0 aliphatic rings. The number of nitrogens with zero attached hydrogens (tertiary/aromatic N) is 5. The summed E-state index contributed by atoms with van der Waals surface area (Å²) in [5, 5.41) is 13.0. The Labute approximate surface area is 160 Å². The Hall–Kier alpha value is -3.90. The van der Waals surface area contributed by atoms with Crippen molar-refractivity contribution >= 4 is 11.7 Å². The number of rotatable bonds is 6. The summed E-state index contributed by atoms with van der Waals surface area (Å²) in [5.74, 6) is -0.0195. The van der Waals surface area contributed by atoms with Crippen molar-refractivity contribution in [2.24, 2.45) is 0 Å². The van der Waals surface area contributed by atoms with Gasteiger partial charge in [-0.05, 0) is 30.3 Å². The lowest BCUT2D eigenvalue weighted by Crippen LogP contribution is -2.34. The lowest BCUT2D eigenvalue weighted by Gasteiger charge is -2.11. The third-order valence-electron chi connectivity index (χ3n) is 3.46. The molecule has 0 atom stereocenters. The Morgan fingerprint density at radius 2 is 1.90 bits per heavy atom. The van der Waals surface area contributed by atoms with Crippen LogP contribution in [0.25, 0.3) is 5.82 Å². The van der Waals surface area contributed by atoms with Crippen LogP contribution in [0.5, 0.6) is 5.75 Å². The van der Waals surface area contributed by atoms with E-state index in [2.05, 4.69) is 30.6 Å². The van der Waals surface area contributed by atoms with E-state index in [0.29, 0.717) is 5.82 Å². The molecule has 0 saturated heterocycles. The summed E-state index contributed by atoms with van der Waals surface area (Å²) < 4.78 is 42.7. The number of carbonyl (C=O) groups is 1. The van der Waals surface area contributed by atoms with Gasteiger partial charge in [0.15, 0.2) is 5.82 Å². The predicted octanol–water partition coefficient (Wildman–Crippen LogP) is 1.54. The van der Waals surface area contributed by atoms with Crippen LogP contribution in [0.2, 0.25) is 0 Å². The van der Waals surface area contributed by atoms with Gasteiger partial charge in [0.05, 0.1) is 6.54 Å². The van der Waals surface area contributed by atoms with Crippen LogP contribution in [-0.2, 0) is 6.54 Å². The van der Waals surface area contributed by atoms with Gasteiger partial charge in [0.1, 0.15) is 18.4 Å². The number of anilines is 1. The molecule has 1 aromatic carbocycles. The number of alkyl halides is 3. The smallest absolute Gasteiger partial charge is 0.406 e. The van der Waals surface area contributed by atoms with Crippen molar-refractivity contribution < 1.29 is 22.7 Å². The molecule has 13 heteroatoms. The highest BCUT2D eigenvalue weighted by Gasteiger charge is 2.30. The van der Waals surface area contributed by atoms with Crippen LogP contribution in [0.3, 0.4) is 0 Å². The fourth-order valence-electron chi connectivity index (χ4n) is 2.24. The van der Waals surface area contributed by atoms with E-state index in [9.17, 15) is 22.8 Å². The Kier molecular flexibility index (Phi) is 5.76. The fourth-order valence-corrected chi connectivity index (χ4v) is 2.24. The maximum absolute atomic E-state index is 12.1. The van der Waals surface area contributed by atoms with Crippen LogP contribution < -0.4 is 20.9 Å². The molecule has 0 unspecified atom stereocenters. The van der Waals surface area contributed by atoms with Crippen LogP contribution in [0.4, 0.5) is 23.7 Å². The molecule has 2 amide bonds. The van der Waals surface area contributed by atoms with E-state index in [1.807, 2.05) is 0 Å². The molecule has 3 aromatic rings. The molecule has 0 bridgehead atoms. The lowest BCUT2D eigenvalue weighted by molar-refractivity contribution is -0.274. The normalized spacial score (nSPS) is 11.1. The maximum atomic E-state index is 12.1. The van der Waals surface area contributed by atoms with Gasteiger partial charge in [-0.2, -0.15) is 5.10 Å². The zero-order valence-electron chi connectivity index (χ0n) is 14.6. The molecule has 10 nitrogen and oxygen atoms in total. The monoisotopic (exact) mass is 409 g/mol. The fraction of sp³-hybridized carbons (Fsp3) is 0.188. The first kappa shape index (κ1) is 19.9. The zero-order chi connectivity index (χ0) is 20.9. The number of halogens is 3. The van der Waals surface area contributed by atoms with Crippen molar-refractivity contribution in [3.05, 3.63) is 59.4 Å². The summed E-state index contributed by atoms with van der Waals surface area (Å²) in [6, 6.07) is 6.86. The number of aromatic nitrogens is 5. The van der Waals surface area contributed by atoms with Crippen molar-refractivity contribution in [2.45, 2.75) is 12.9 Å². The van der Waals surface area contributed by atoms with E-state index in [-0.39, 0.29) is 24.3 Å². The molecule has 3 rings (SSSR count). The number of hydrogen-bond acceptors (Lipinski definition) is 6.